The van der Waals surface area contributed by atoms with Crippen LogP contribution in [-0.2, 0) is 0 Å². The van der Waals surface area contributed by atoms with Gasteiger partial charge in [0, 0.05) is 22.7 Å². The molecule has 2 aromatic rings. The van der Waals surface area contributed by atoms with E-state index < -0.39 is 0 Å². The minimum absolute atomic E-state index is 0.446. The zero-order valence-electron chi connectivity index (χ0n) is 10.6. The number of hydrogen-bond donors (Lipinski definition) is 1. The maximum Gasteiger partial charge on any atom is 0.224 e. The summed E-state index contributed by atoms with van der Waals surface area (Å²) < 4.78 is 5.65. The predicted molar refractivity (Wildman–Crippen MR) is 77.5 cm³/mol. The summed E-state index contributed by atoms with van der Waals surface area (Å²) in [7, 11) is 0. The van der Waals surface area contributed by atoms with Crippen LogP contribution in [0, 0.1) is 6.92 Å². The molecule has 0 fully saturated rings. The van der Waals surface area contributed by atoms with Crippen LogP contribution in [0.5, 0.6) is 11.6 Å². The molecule has 0 aliphatic heterocycles. The third-order valence-corrected chi connectivity index (χ3v) is 2.67. The first-order chi connectivity index (χ1) is 9.06. The molecule has 0 amide bonds. The highest BCUT2D eigenvalue weighted by Gasteiger charge is 2.05. The van der Waals surface area contributed by atoms with Crippen molar-refractivity contribution in [2.45, 2.75) is 13.8 Å². The highest BCUT2D eigenvalue weighted by molar-refractivity contribution is 6.34. The summed E-state index contributed by atoms with van der Waals surface area (Å²) in [6.45, 7) is 4.58. The van der Waals surface area contributed by atoms with Crippen molar-refractivity contribution in [3.63, 3.8) is 0 Å². The van der Waals surface area contributed by atoms with E-state index in [1.807, 2.05) is 6.92 Å². The zero-order valence-corrected chi connectivity index (χ0v) is 12.1. The number of anilines is 1. The average Bonchev–Trinajstić information content (AvgIpc) is 2.26. The van der Waals surface area contributed by atoms with Crippen molar-refractivity contribution in [2.24, 2.45) is 0 Å². The number of nitrogens with one attached hydrogen (secondary N) is 1. The van der Waals surface area contributed by atoms with Crippen molar-refractivity contribution in [2.75, 3.05) is 11.9 Å². The second-order valence-corrected chi connectivity index (χ2v) is 4.75. The summed E-state index contributed by atoms with van der Waals surface area (Å²) in [5.74, 6) is 2.33. The summed E-state index contributed by atoms with van der Waals surface area (Å²) in [5, 5.41) is 4.14. The molecule has 0 saturated carbocycles. The van der Waals surface area contributed by atoms with E-state index in [1.54, 1.807) is 31.2 Å². The van der Waals surface area contributed by atoms with E-state index in [9.17, 15) is 0 Å². The first-order valence-electron chi connectivity index (χ1n) is 5.80. The fourth-order valence-corrected chi connectivity index (χ4v) is 2.08. The van der Waals surface area contributed by atoms with Gasteiger partial charge in [-0.25, -0.2) is 4.98 Å². The van der Waals surface area contributed by atoms with Gasteiger partial charge in [0.25, 0.3) is 0 Å². The molecule has 0 bridgehead atoms. The van der Waals surface area contributed by atoms with Crippen LogP contribution in [0.25, 0.3) is 0 Å². The lowest BCUT2D eigenvalue weighted by atomic mass is 10.3. The van der Waals surface area contributed by atoms with Gasteiger partial charge in [0.2, 0.25) is 5.88 Å². The second kappa shape index (κ2) is 6.08. The molecule has 0 atom stereocenters. The topological polar surface area (TPSA) is 47.0 Å². The van der Waals surface area contributed by atoms with E-state index in [2.05, 4.69) is 15.3 Å². The summed E-state index contributed by atoms with van der Waals surface area (Å²) in [4.78, 5) is 8.46. The molecule has 0 saturated heterocycles. The third kappa shape index (κ3) is 3.98. The summed E-state index contributed by atoms with van der Waals surface area (Å²) in [6, 6.07) is 6.73. The van der Waals surface area contributed by atoms with Crippen LogP contribution >= 0.6 is 23.2 Å². The van der Waals surface area contributed by atoms with Gasteiger partial charge in [-0.2, -0.15) is 4.98 Å². The molecule has 1 N–H and O–H groups in total. The lowest BCUT2D eigenvalue weighted by Crippen LogP contribution is -2.02. The van der Waals surface area contributed by atoms with Crippen LogP contribution in [0.3, 0.4) is 0 Å². The normalized spacial score (nSPS) is 10.3. The van der Waals surface area contributed by atoms with Gasteiger partial charge >= 0.3 is 0 Å². The Labute approximate surface area is 121 Å². The number of aromatic nitrogens is 2. The Morgan fingerprint density at radius 2 is 1.79 bits per heavy atom. The highest BCUT2D eigenvalue weighted by Crippen LogP contribution is 2.28. The van der Waals surface area contributed by atoms with Crippen LogP contribution in [0.2, 0.25) is 10.0 Å². The van der Waals surface area contributed by atoms with Gasteiger partial charge in [-0.15, -0.1) is 0 Å². The molecule has 1 aromatic carbocycles. The monoisotopic (exact) mass is 297 g/mol. The largest absolute Gasteiger partial charge is 0.439 e. The third-order valence-electron chi connectivity index (χ3n) is 2.23. The highest BCUT2D eigenvalue weighted by atomic mass is 35.5. The molecule has 0 unspecified atom stereocenters. The molecule has 0 radical (unpaired) electrons. The maximum absolute atomic E-state index is 5.92. The molecule has 0 aliphatic rings. The smallest absolute Gasteiger partial charge is 0.224 e. The van der Waals surface area contributed by atoms with Crippen molar-refractivity contribution >= 4 is 29.0 Å². The van der Waals surface area contributed by atoms with Crippen LogP contribution in [0.4, 0.5) is 5.82 Å². The van der Waals surface area contributed by atoms with Crippen LogP contribution in [-0.4, -0.2) is 16.5 Å². The molecule has 6 heteroatoms. The molecule has 19 heavy (non-hydrogen) atoms. The number of rotatable bonds is 4. The van der Waals surface area contributed by atoms with Crippen molar-refractivity contribution in [1.82, 2.24) is 9.97 Å². The Morgan fingerprint density at radius 3 is 2.42 bits per heavy atom. The Bertz CT molecular complexity index is 570. The maximum atomic E-state index is 5.92. The standard InChI is InChI=1S/C13H13Cl2N3O/c1-3-16-12-7-13(18-8(2)17-12)19-11-5-9(14)4-10(15)6-11/h4-7H,3H2,1-2H3,(H,16,17,18). The van der Waals surface area contributed by atoms with Gasteiger partial charge in [-0.05, 0) is 32.0 Å². The minimum Gasteiger partial charge on any atom is -0.439 e. The van der Waals surface area contributed by atoms with E-state index in [-0.39, 0.29) is 0 Å². The summed E-state index contributed by atoms with van der Waals surface area (Å²) >= 11 is 11.8. The van der Waals surface area contributed by atoms with E-state index >= 15 is 0 Å². The molecule has 2 rings (SSSR count). The Balaban J connectivity index is 2.27. The number of ether oxygens (including phenoxy) is 1. The second-order valence-electron chi connectivity index (χ2n) is 3.88. The Morgan fingerprint density at radius 1 is 1.11 bits per heavy atom. The molecule has 100 valence electrons. The van der Waals surface area contributed by atoms with Crippen LogP contribution in [0.1, 0.15) is 12.7 Å². The molecule has 0 spiro atoms. The molecular weight excluding hydrogens is 285 g/mol. The van der Waals surface area contributed by atoms with Crippen molar-refractivity contribution in [1.29, 1.82) is 0 Å². The SMILES string of the molecule is CCNc1cc(Oc2cc(Cl)cc(Cl)c2)nc(C)n1. The molecule has 1 heterocycles. The number of hydrogen-bond acceptors (Lipinski definition) is 4. The van der Waals surface area contributed by atoms with Crippen LogP contribution < -0.4 is 10.1 Å². The predicted octanol–water partition coefficient (Wildman–Crippen LogP) is 4.32. The number of aryl methyl sites for hydroxylation is 1. The number of benzene rings is 1. The molecule has 4 nitrogen and oxygen atoms in total. The van der Waals surface area contributed by atoms with Crippen molar-refractivity contribution < 1.29 is 4.74 Å². The fraction of sp³-hybridized carbons (Fsp3) is 0.231. The van der Waals surface area contributed by atoms with Gasteiger partial charge in [-0.3, -0.25) is 0 Å². The average molecular weight is 298 g/mol. The Hall–Kier alpha value is -1.52. The number of nitrogens with zero attached hydrogens (tertiary/aromatic N) is 2. The molecule has 0 aliphatic carbocycles. The Kier molecular flexibility index (Phi) is 4.45. The first kappa shape index (κ1) is 13.9. The minimum atomic E-state index is 0.446. The fourth-order valence-electron chi connectivity index (χ4n) is 1.57. The first-order valence-corrected chi connectivity index (χ1v) is 6.56. The quantitative estimate of drug-likeness (QED) is 0.913. The van der Waals surface area contributed by atoms with Gasteiger partial charge in [0.1, 0.15) is 17.4 Å². The van der Waals surface area contributed by atoms with E-state index in [0.29, 0.717) is 27.5 Å². The van der Waals surface area contributed by atoms with Gasteiger partial charge in [0.05, 0.1) is 0 Å². The lowest BCUT2D eigenvalue weighted by molar-refractivity contribution is 0.460. The summed E-state index contributed by atoms with van der Waals surface area (Å²) in [5.41, 5.74) is 0. The molecular formula is C13H13Cl2N3O. The van der Waals surface area contributed by atoms with Gasteiger partial charge < -0.3 is 10.1 Å². The molecule has 1 aromatic heterocycles. The van der Waals surface area contributed by atoms with Crippen molar-refractivity contribution in [3.05, 3.63) is 40.1 Å². The van der Waals surface area contributed by atoms with Crippen molar-refractivity contribution in [3.8, 4) is 11.6 Å². The summed E-state index contributed by atoms with van der Waals surface area (Å²) in [6.07, 6.45) is 0. The van der Waals surface area contributed by atoms with E-state index in [1.165, 1.54) is 0 Å². The van der Waals surface area contributed by atoms with E-state index in [4.69, 9.17) is 27.9 Å². The van der Waals surface area contributed by atoms with Gasteiger partial charge in [0.15, 0.2) is 0 Å². The lowest BCUT2D eigenvalue weighted by Gasteiger charge is -2.09. The number of halogens is 2. The zero-order chi connectivity index (χ0) is 13.8. The van der Waals surface area contributed by atoms with Crippen LogP contribution in [0.15, 0.2) is 24.3 Å². The van der Waals surface area contributed by atoms with E-state index in [0.717, 1.165) is 12.4 Å². The van der Waals surface area contributed by atoms with Gasteiger partial charge in [-0.1, -0.05) is 23.2 Å².